The molecule has 0 unspecified atom stereocenters. The van der Waals surface area contributed by atoms with Crippen LogP contribution in [0.25, 0.3) is 17.0 Å². The van der Waals surface area contributed by atoms with E-state index in [0.29, 0.717) is 16.8 Å². The van der Waals surface area contributed by atoms with Gasteiger partial charge in [0.2, 0.25) is 0 Å². The number of piperidine rings is 1. The van der Waals surface area contributed by atoms with E-state index in [2.05, 4.69) is 4.98 Å². The van der Waals surface area contributed by atoms with Crippen molar-refractivity contribution in [2.75, 3.05) is 18.0 Å². The summed E-state index contributed by atoms with van der Waals surface area (Å²) in [7, 11) is -2.19. The van der Waals surface area contributed by atoms with E-state index in [1.54, 1.807) is 35.4 Å². The lowest BCUT2D eigenvalue weighted by molar-refractivity contribution is -0.0220. The number of aromatic nitrogens is 1. The molecule has 8 heteroatoms. The molecule has 2 aromatic rings. The highest BCUT2D eigenvalue weighted by Gasteiger charge is 2.34. The zero-order chi connectivity index (χ0) is 17.3. The van der Waals surface area contributed by atoms with Crippen LogP contribution in [0.3, 0.4) is 0 Å². The molecule has 0 bridgehead atoms. The summed E-state index contributed by atoms with van der Waals surface area (Å²) in [5, 5.41) is 18.5. The Morgan fingerprint density at radius 3 is 2.62 bits per heavy atom. The van der Waals surface area contributed by atoms with E-state index in [4.69, 9.17) is 10.0 Å². The number of hydrogen-bond donors (Lipinski definition) is 2. The summed E-state index contributed by atoms with van der Waals surface area (Å²) in [6, 6.07) is 6.79. The van der Waals surface area contributed by atoms with Crippen molar-refractivity contribution in [1.82, 2.24) is 4.98 Å². The maximum atomic E-state index is 13.5. The van der Waals surface area contributed by atoms with Crippen LogP contribution < -0.4 is 4.90 Å². The average Bonchev–Trinajstić information content (AvgIpc) is 2.54. The Hall–Kier alpha value is -2.06. The van der Waals surface area contributed by atoms with Crippen LogP contribution in [-0.2, 0) is 0 Å². The second-order valence-electron chi connectivity index (χ2n) is 5.86. The van der Waals surface area contributed by atoms with Gasteiger partial charge in [0.1, 0.15) is 5.73 Å². The van der Waals surface area contributed by atoms with E-state index in [1.165, 1.54) is 0 Å². The van der Waals surface area contributed by atoms with Gasteiger partial charge in [-0.15, -0.1) is 0 Å². The van der Waals surface area contributed by atoms with Crippen molar-refractivity contribution in [1.29, 1.82) is 0 Å². The van der Waals surface area contributed by atoms with Crippen molar-refractivity contribution in [2.24, 2.45) is 0 Å². The number of pyridine rings is 1. The van der Waals surface area contributed by atoms with Crippen LogP contribution in [0.5, 0.6) is 0 Å². The maximum Gasteiger partial charge on any atom is 0.518 e. The zero-order valence-electron chi connectivity index (χ0n) is 12.8. The lowest BCUT2D eigenvalue weighted by Gasteiger charge is -2.34. The van der Waals surface area contributed by atoms with Crippen molar-refractivity contribution in [2.45, 2.75) is 18.8 Å². The van der Waals surface area contributed by atoms with Crippen LogP contribution in [0.15, 0.2) is 36.2 Å². The van der Waals surface area contributed by atoms with Gasteiger partial charge >= 0.3 is 7.12 Å². The Balaban J connectivity index is 2.04. The first-order valence-electron chi connectivity index (χ1n) is 7.60. The molecule has 126 valence electrons. The van der Waals surface area contributed by atoms with Gasteiger partial charge in [-0.05, 0) is 29.8 Å². The predicted molar refractivity (Wildman–Crippen MR) is 87.4 cm³/mol. The summed E-state index contributed by atoms with van der Waals surface area (Å²) in [5.74, 6) is -2.66. The maximum absolute atomic E-state index is 13.5. The van der Waals surface area contributed by atoms with Crippen LogP contribution in [0.4, 0.5) is 18.9 Å². The molecular formula is C16H16BF3N2O2. The molecule has 0 spiro atoms. The third-order valence-electron chi connectivity index (χ3n) is 4.09. The Labute approximate surface area is 137 Å². The fourth-order valence-corrected chi connectivity index (χ4v) is 2.83. The average molecular weight is 336 g/mol. The molecule has 1 aliphatic rings. The summed E-state index contributed by atoms with van der Waals surface area (Å²) in [6.45, 7) is 0.355. The Morgan fingerprint density at radius 1 is 1.25 bits per heavy atom. The second kappa shape index (κ2) is 6.45. The molecule has 0 saturated carbocycles. The van der Waals surface area contributed by atoms with Crippen molar-refractivity contribution >= 4 is 29.8 Å². The lowest BCUT2D eigenvalue weighted by atomic mass is 9.88. The predicted octanol–water partition coefficient (Wildman–Crippen LogP) is 2.79. The lowest BCUT2D eigenvalue weighted by Crippen LogP contribution is -2.39. The highest BCUT2D eigenvalue weighted by Crippen LogP contribution is 2.34. The summed E-state index contributed by atoms with van der Waals surface area (Å²) in [5.41, 5.74) is 0.600. The van der Waals surface area contributed by atoms with Crippen LogP contribution in [0, 0.1) is 0 Å². The van der Waals surface area contributed by atoms with E-state index < -0.39 is 18.8 Å². The van der Waals surface area contributed by atoms with Gasteiger partial charge in [-0.25, -0.2) is 13.2 Å². The van der Waals surface area contributed by atoms with Gasteiger partial charge in [0, 0.05) is 37.5 Å². The van der Waals surface area contributed by atoms with Gasteiger partial charge in [0.15, 0.2) is 0 Å². The van der Waals surface area contributed by atoms with Crippen LogP contribution in [0.1, 0.15) is 18.4 Å². The van der Waals surface area contributed by atoms with E-state index >= 15 is 0 Å². The fraction of sp³-hybridized carbons (Fsp3) is 0.312. The normalized spacial score (nSPS) is 18.0. The molecule has 3 rings (SSSR count). The monoisotopic (exact) mass is 336 g/mol. The van der Waals surface area contributed by atoms with Gasteiger partial charge in [0.05, 0.1) is 11.2 Å². The Bertz CT molecular complexity index is 773. The minimum absolute atomic E-state index is 0.178. The Kier molecular flexibility index (Phi) is 4.51. The van der Waals surface area contributed by atoms with E-state index in [-0.39, 0.29) is 25.9 Å². The fourth-order valence-electron chi connectivity index (χ4n) is 2.83. The number of nitrogens with zero attached hydrogens (tertiary/aromatic N) is 2. The summed E-state index contributed by atoms with van der Waals surface area (Å²) < 4.78 is 40.3. The van der Waals surface area contributed by atoms with E-state index in [1.807, 2.05) is 0 Å². The molecule has 0 radical (unpaired) electrons. The van der Waals surface area contributed by atoms with Crippen molar-refractivity contribution in [3.8, 4) is 0 Å². The summed E-state index contributed by atoms with van der Waals surface area (Å²) >= 11 is 0. The molecule has 1 saturated heterocycles. The number of halogens is 3. The molecule has 1 aliphatic heterocycles. The largest absolute Gasteiger partial charge is 0.518 e. The molecule has 24 heavy (non-hydrogen) atoms. The van der Waals surface area contributed by atoms with Gasteiger partial charge in [-0.3, -0.25) is 4.98 Å². The van der Waals surface area contributed by atoms with Crippen LogP contribution in [-0.4, -0.2) is 41.2 Å². The number of rotatable bonds is 3. The first-order chi connectivity index (χ1) is 11.4. The molecule has 4 nitrogen and oxygen atoms in total. The first-order valence-corrected chi connectivity index (χ1v) is 7.60. The molecule has 1 aromatic heterocycles. The Morgan fingerprint density at radius 2 is 1.96 bits per heavy atom. The highest BCUT2D eigenvalue weighted by molar-refractivity contribution is 6.50. The van der Waals surface area contributed by atoms with Crippen molar-refractivity contribution in [3.05, 3.63) is 41.8 Å². The van der Waals surface area contributed by atoms with E-state index in [9.17, 15) is 13.2 Å². The topological polar surface area (TPSA) is 56.6 Å². The minimum Gasteiger partial charge on any atom is -0.422 e. The molecule has 2 N–H and O–H groups in total. The second-order valence-corrected chi connectivity index (χ2v) is 5.86. The number of anilines is 1. The molecular weight excluding hydrogens is 320 g/mol. The highest BCUT2D eigenvalue weighted by atomic mass is 19.3. The molecule has 0 aliphatic carbocycles. The first kappa shape index (κ1) is 16.8. The zero-order valence-corrected chi connectivity index (χ0v) is 12.8. The molecule has 1 fully saturated rings. The SMILES string of the molecule is OB(O)/C(F)=C/c1cc(N2CCC(F)(F)CC2)c2ncccc2c1. The van der Waals surface area contributed by atoms with Gasteiger partial charge in [-0.1, -0.05) is 6.07 Å². The van der Waals surface area contributed by atoms with E-state index in [0.717, 1.165) is 11.5 Å². The standard InChI is InChI=1S/C16H16BF3N2O2/c18-14(17(23)24)10-11-8-12-2-1-5-21-15(12)13(9-11)22-6-3-16(19,20)4-7-22/h1-2,5,8-10,23-24H,3-4,6-7H2/b14-10-. The van der Waals surface area contributed by atoms with Crippen molar-refractivity contribution < 1.29 is 23.2 Å². The number of hydrogen-bond acceptors (Lipinski definition) is 4. The summed E-state index contributed by atoms with van der Waals surface area (Å²) in [6.07, 6.45) is 2.13. The third-order valence-corrected chi connectivity index (χ3v) is 4.09. The smallest absolute Gasteiger partial charge is 0.422 e. The van der Waals surface area contributed by atoms with Crippen molar-refractivity contribution in [3.63, 3.8) is 0 Å². The van der Waals surface area contributed by atoms with Crippen LogP contribution in [0.2, 0.25) is 0 Å². The summed E-state index contributed by atoms with van der Waals surface area (Å²) in [4.78, 5) is 6.11. The van der Waals surface area contributed by atoms with Gasteiger partial charge < -0.3 is 14.9 Å². The molecule has 0 atom stereocenters. The number of alkyl halides is 2. The quantitative estimate of drug-likeness (QED) is 0.847. The van der Waals surface area contributed by atoms with Gasteiger partial charge in [0.25, 0.3) is 5.92 Å². The number of benzene rings is 1. The number of fused-ring (bicyclic) bond motifs is 1. The minimum atomic E-state index is -2.66. The molecule has 0 amide bonds. The molecule has 1 aromatic carbocycles. The van der Waals surface area contributed by atoms with Gasteiger partial charge in [-0.2, -0.15) is 0 Å². The molecule has 2 heterocycles. The van der Waals surface area contributed by atoms with Crippen LogP contribution >= 0.6 is 0 Å². The third kappa shape index (κ3) is 3.54.